The summed E-state index contributed by atoms with van der Waals surface area (Å²) >= 11 is 0. The van der Waals surface area contributed by atoms with Gasteiger partial charge in [-0.05, 0) is 0 Å². The molecule has 2 aromatic rings. The summed E-state index contributed by atoms with van der Waals surface area (Å²) in [5, 5.41) is 7.04. The maximum atomic E-state index is 5.61. The predicted molar refractivity (Wildman–Crippen MR) is 51.4 cm³/mol. The van der Waals surface area contributed by atoms with Crippen molar-refractivity contribution in [3.63, 3.8) is 0 Å². The van der Waals surface area contributed by atoms with Crippen LogP contribution in [0.2, 0.25) is 0 Å². The van der Waals surface area contributed by atoms with E-state index in [4.69, 9.17) is 5.73 Å². The summed E-state index contributed by atoms with van der Waals surface area (Å²) in [7, 11) is 0. The Morgan fingerprint density at radius 3 is 3.29 bits per heavy atom. The van der Waals surface area contributed by atoms with Gasteiger partial charge in [-0.15, -0.1) is 0 Å². The summed E-state index contributed by atoms with van der Waals surface area (Å²) in [5.74, 6) is 0.951. The Morgan fingerprint density at radius 1 is 1.50 bits per heavy atom. The smallest absolute Gasteiger partial charge is 0.122 e. The zero-order chi connectivity index (χ0) is 9.54. The lowest BCUT2D eigenvalue weighted by Gasteiger charge is -2.15. The van der Waals surface area contributed by atoms with Gasteiger partial charge in [-0.25, -0.2) is 4.98 Å². The fourth-order valence-electron chi connectivity index (χ4n) is 1.99. The minimum Gasteiger partial charge on any atom is -0.326 e. The molecule has 0 aromatic carbocycles. The predicted octanol–water partition coefficient (Wildman–Crippen LogP) is 0.288. The Balaban J connectivity index is 2.22. The lowest BCUT2D eigenvalue weighted by Crippen LogP contribution is -2.14. The number of aryl methyl sites for hydroxylation is 1. The van der Waals surface area contributed by atoms with E-state index in [9.17, 15) is 0 Å². The summed E-state index contributed by atoms with van der Waals surface area (Å²) in [6.07, 6.45) is 4.70. The van der Waals surface area contributed by atoms with Crippen LogP contribution >= 0.6 is 0 Å². The first-order valence-corrected chi connectivity index (χ1v) is 4.67. The van der Waals surface area contributed by atoms with Crippen molar-refractivity contribution in [2.75, 3.05) is 0 Å². The third-order valence-corrected chi connectivity index (χ3v) is 2.70. The molecule has 1 aliphatic rings. The normalized spacial score (nSPS) is 13.8. The Morgan fingerprint density at radius 2 is 2.43 bits per heavy atom. The number of hydrogen-bond donors (Lipinski definition) is 2. The molecule has 0 unspecified atom stereocenters. The number of aromatic amines is 1. The summed E-state index contributed by atoms with van der Waals surface area (Å²) in [4.78, 5) is 4.29. The van der Waals surface area contributed by atoms with Crippen molar-refractivity contribution >= 4 is 0 Å². The Bertz CT molecular complexity index is 467. The molecule has 14 heavy (non-hydrogen) atoms. The molecule has 5 nitrogen and oxygen atoms in total. The maximum Gasteiger partial charge on any atom is 0.122 e. The van der Waals surface area contributed by atoms with Crippen LogP contribution in [0.3, 0.4) is 0 Å². The van der Waals surface area contributed by atoms with Crippen molar-refractivity contribution in [2.24, 2.45) is 5.73 Å². The molecule has 0 atom stereocenters. The van der Waals surface area contributed by atoms with Gasteiger partial charge in [0.15, 0.2) is 0 Å². The quantitative estimate of drug-likeness (QED) is 0.677. The average molecular weight is 189 g/mol. The van der Waals surface area contributed by atoms with E-state index in [1.165, 1.54) is 5.69 Å². The average Bonchev–Trinajstić information content (AvgIpc) is 2.82. The largest absolute Gasteiger partial charge is 0.326 e. The van der Waals surface area contributed by atoms with E-state index in [-0.39, 0.29) is 0 Å². The van der Waals surface area contributed by atoms with Gasteiger partial charge in [0.2, 0.25) is 0 Å². The van der Waals surface area contributed by atoms with Gasteiger partial charge in [0.05, 0.1) is 24.6 Å². The van der Waals surface area contributed by atoms with Crippen LogP contribution < -0.4 is 5.73 Å². The lowest BCUT2D eigenvalue weighted by atomic mass is 10.1. The van der Waals surface area contributed by atoms with E-state index in [0.717, 1.165) is 30.0 Å². The van der Waals surface area contributed by atoms with Crippen LogP contribution in [0.5, 0.6) is 0 Å². The van der Waals surface area contributed by atoms with Crippen molar-refractivity contribution in [1.82, 2.24) is 19.7 Å². The third kappa shape index (κ3) is 0.871. The molecule has 0 saturated heterocycles. The number of nitrogens with one attached hydrogen (secondary N) is 1. The fourth-order valence-corrected chi connectivity index (χ4v) is 1.99. The first kappa shape index (κ1) is 7.75. The molecule has 0 fully saturated rings. The molecule has 0 amide bonds. The highest BCUT2D eigenvalue weighted by Crippen LogP contribution is 2.28. The topological polar surface area (TPSA) is 72.5 Å². The first-order chi connectivity index (χ1) is 6.90. The monoisotopic (exact) mass is 189 g/mol. The second kappa shape index (κ2) is 2.68. The highest BCUT2D eigenvalue weighted by atomic mass is 15.2. The molecule has 0 saturated carbocycles. The molecule has 2 aromatic heterocycles. The van der Waals surface area contributed by atoms with Crippen molar-refractivity contribution in [1.29, 1.82) is 0 Å². The maximum absolute atomic E-state index is 5.61. The SMILES string of the molecule is NCc1ncc2n1CCc1[nH]ncc1-2. The third-order valence-electron chi connectivity index (χ3n) is 2.70. The van der Waals surface area contributed by atoms with Gasteiger partial charge >= 0.3 is 0 Å². The molecule has 3 heterocycles. The van der Waals surface area contributed by atoms with Gasteiger partial charge in [-0.3, -0.25) is 5.10 Å². The van der Waals surface area contributed by atoms with Gasteiger partial charge in [-0.1, -0.05) is 0 Å². The number of H-pyrrole nitrogens is 1. The Kier molecular flexibility index (Phi) is 1.49. The highest BCUT2D eigenvalue weighted by molar-refractivity contribution is 5.62. The Labute approximate surface area is 81.0 Å². The lowest BCUT2D eigenvalue weighted by molar-refractivity contribution is 0.635. The molecule has 0 bridgehead atoms. The van der Waals surface area contributed by atoms with Crippen molar-refractivity contribution < 1.29 is 0 Å². The van der Waals surface area contributed by atoms with Crippen LogP contribution in [0.15, 0.2) is 12.4 Å². The van der Waals surface area contributed by atoms with Crippen molar-refractivity contribution in [3.8, 4) is 11.3 Å². The van der Waals surface area contributed by atoms with Crippen LogP contribution in [0.1, 0.15) is 11.5 Å². The number of aromatic nitrogens is 4. The summed E-state index contributed by atoms with van der Waals surface area (Å²) in [5.41, 5.74) is 9.08. The first-order valence-electron chi connectivity index (χ1n) is 4.67. The fraction of sp³-hybridized carbons (Fsp3) is 0.333. The standard InChI is InChI=1S/C9H11N5/c10-3-9-11-5-8-6-4-12-13-7(6)1-2-14(8)9/h4-5H,1-3,10H2,(H,12,13). The molecular weight excluding hydrogens is 178 g/mol. The van der Waals surface area contributed by atoms with E-state index in [2.05, 4.69) is 19.7 Å². The number of imidazole rings is 1. The number of rotatable bonds is 1. The minimum atomic E-state index is 0.493. The molecule has 1 aliphatic heterocycles. The number of hydrogen-bond acceptors (Lipinski definition) is 3. The van der Waals surface area contributed by atoms with Crippen molar-refractivity contribution in [2.45, 2.75) is 19.5 Å². The van der Waals surface area contributed by atoms with Gasteiger partial charge in [0.1, 0.15) is 5.82 Å². The van der Waals surface area contributed by atoms with E-state index in [0.29, 0.717) is 6.54 Å². The van der Waals surface area contributed by atoms with Crippen LogP contribution in [0.4, 0.5) is 0 Å². The van der Waals surface area contributed by atoms with Gasteiger partial charge in [-0.2, -0.15) is 5.10 Å². The number of nitrogens with zero attached hydrogens (tertiary/aromatic N) is 3. The molecule has 3 N–H and O–H groups in total. The Hall–Kier alpha value is -1.62. The van der Waals surface area contributed by atoms with Gasteiger partial charge in [0, 0.05) is 24.2 Å². The van der Waals surface area contributed by atoms with E-state index in [1.807, 2.05) is 12.4 Å². The summed E-state index contributed by atoms with van der Waals surface area (Å²) in [6.45, 7) is 1.43. The summed E-state index contributed by atoms with van der Waals surface area (Å²) in [6, 6.07) is 0. The summed E-state index contributed by atoms with van der Waals surface area (Å²) < 4.78 is 2.16. The van der Waals surface area contributed by atoms with Gasteiger partial charge in [0.25, 0.3) is 0 Å². The molecule has 72 valence electrons. The number of nitrogens with two attached hydrogens (primary N) is 1. The molecule has 3 rings (SSSR count). The zero-order valence-corrected chi connectivity index (χ0v) is 7.70. The van der Waals surface area contributed by atoms with Crippen LogP contribution in [0.25, 0.3) is 11.3 Å². The zero-order valence-electron chi connectivity index (χ0n) is 7.70. The van der Waals surface area contributed by atoms with Crippen molar-refractivity contribution in [3.05, 3.63) is 23.9 Å². The molecule has 0 aliphatic carbocycles. The van der Waals surface area contributed by atoms with E-state index >= 15 is 0 Å². The molecule has 5 heteroatoms. The molecular formula is C9H11N5. The van der Waals surface area contributed by atoms with E-state index < -0.39 is 0 Å². The second-order valence-corrected chi connectivity index (χ2v) is 3.43. The van der Waals surface area contributed by atoms with E-state index in [1.54, 1.807) is 0 Å². The molecule has 0 radical (unpaired) electrons. The second-order valence-electron chi connectivity index (χ2n) is 3.43. The number of fused-ring (bicyclic) bond motifs is 3. The van der Waals surface area contributed by atoms with Crippen LogP contribution in [0, 0.1) is 0 Å². The highest BCUT2D eigenvalue weighted by Gasteiger charge is 2.19. The minimum absolute atomic E-state index is 0.493. The van der Waals surface area contributed by atoms with Gasteiger partial charge < -0.3 is 10.3 Å². The molecule has 0 spiro atoms. The van der Waals surface area contributed by atoms with Crippen LogP contribution in [-0.4, -0.2) is 19.7 Å². The van der Waals surface area contributed by atoms with Crippen LogP contribution in [-0.2, 0) is 19.5 Å².